The summed E-state index contributed by atoms with van der Waals surface area (Å²) >= 11 is 5.55. The molecule has 0 fully saturated rings. The van der Waals surface area contributed by atoms with Crippen molar-refractivity contribution >= 4 is 23.5 Å². The Hall–Kier alpha value is -1.69. The smallest absolute Gasteiger partial charge is 0.401 e. The number of carbonyl (C=O) groups excluding carboxylic acids is 2. The highest BCUT2D eigenvalue weighted by Crippen LogP contribution is 2.21. The largest absolute Gasteiger partial charge is 0.424 e. The molecule has 0 aromatic carbocycles. The monoisotopic (exact) mass is 233 g/mol. The molecule has 7 heteroatoms. The maximum atomic E-state index is 11.6. The van der Waals surface area contributed by atoms with Crippen LogP contribution in [0.2, 0.25) is 5.02 Å². The Morgan fingerprint density at radius 2 is 2.20 bits per heavy atom. The molecule has 0 aliphatic heterocycles. The van der Waals surface area contributed by atoms with E-state index in [0.29, 0.717) is 0 Å². The van der Waals surface area contributed by atoms with E-state index in [4.69, 9.17) is 11.6 Å². The van der Waals surface area contributed by atoms with Crippen LogP contribution in [0.3, 0.4) is 0 Å². The Morgan fingerprint density at radius 3 is 2.73 bits per heavy atom. The fraction of sp³-hybridized carbons (Fsp3) is 0.125. The number of ether oxygens (including phenoxy) is 1. The number of rotatable bonds is 2. The fourth-order valence-corrected chi connectivity index (χ4v) is 0.991. The molecule has 0 unspecified atom stereocenters. The standard InChI is InChI=1S/C8H5ClFNO4/c1-4(12)14-6-2-5(9)3-11-7(6)8(13)15-10/h2-3H,1H3. The van der Waals surface area contributed by atoms with E-state index in [1.54, 1.807) is 0 Å². The second-order valence-corrected chi connectivity index (χ2v) is 2.89. The minimum absolute atomic E-state index is 0.140. The van der Waals surface area contributed by atoms with E-state index >= 15 is 0 Å². The van der Waals surface area contributed by atoms with Gasteiger partial charge in [-0.05, 0) is 0 Å². The van der Waals surface area contributed by atoms with E-state index in [-0.39, 0.29) is 10.8 Å². The lowest BCUT2D eigenvalue weighted by Gasteiger charge is -2.04. The molecule has 0 saturated heterocycles. The Bertz CT molecular complexity index is 410. The van der Waals surface area contributed by atoms with Crippen LogP contribution in [0.25, 0.3) is 0 Å². The summed E-state index contributed by atoms with van der Waals surface area (Å²) in [7, 11) is 0. The zero-order valence-electron chi connectivity index (χ0n) is 7.49. The van der Waals surface area contributed by atoms with Gasteiger partial charge in [0.2, 0.25) is 0 Å². The van der Waals surface area contributed by atoms with Gasteiger partial charge in [0.1, 0.15) is 0 Å². The number of aromatic nitrogens is 1. The van der Waals surface area contributed by atoms with Crippen LogP contribution < -0.4 is 4.74 Å². The van der Waals surface area contributed by atoms with Gasteiger partial charge in [-0.1, -0.05) is 11.6 Å². The van der Waals surface area contributed by atoms with Crippen LogP contribution in [0.4, 0.5) is 4.53 Å². The molecule has 0 amide bonds. The fourth-order valence-electron chi connectivity index (χ4n) is 0.843. The molecule has 15 heavy (non-hydrogen) atoms. The first-order valence-electron chi connectivity index (χ1n) is 3.71. The van der Waals surface area contributed by atoms with Crippen molar-refractivity contribution in [3.05, 3.63) is 23.0 Å². The summed E-state index contributed by atoms with van der Waals surface area (Å²) in [6.45, 7) is 1.12. The van der Waals surface area contributed by atoms with Gasteiger partial charge in [-0.2, -0.15) is 0 Å². The molecule has 1 aromatic heterocycles. The third-order valence-corrected chi connectivity index (χ3v) is 1.54. The predicted molar refractivity (Wildman–Crippen MR) is 47.1 cm³/mol. The third kappa shape index (κ3) is 2.88. The lowest BCUT2D eigenvalue weighted by Crippen LogP contribution is -2.09. The number of hydrogen-bond acceptors (Lipinski definition) is 5. The van der Waals surface area contributed by atoms with Crippen molar-refractivity contribution in [1.82, 2.24) is 4.98 Å². The van der Waals surface area contributed by atoms with E-state index in [9.17, 15) is 14.1 Å². The van der Waals surface area contributed by atoms with Crippen LogP contribution in [0.1, 0.15) is 17.4 Å². The molecule has 0 aliphatic carbocycles. The number of hydrogen-bond donors (Lipinski definition) is 0. The summed E-state index contributed by atoms with van der Waals surface area (Å²) in [4.78, 5) is 27.9. The first-order chi connectivity index (χ1) is 7.04. The number of carbonyl (C=O) groups is 2. The van der Waals surface area contributed by atoms with Crippen LogP contribution in [0, 0.1) is 0 Å². The molecular formula is C8H5ClFNO4. The molecule has 1 rings (SSSR count). The lowest BCUT2D eigenvalue weighted by atomic mass is 10.3. The molecule has 0 spiro atoms. The van der Waals surface area contributed by atoms with E-state index < -0.39 is 17.6 Å². The molecule has 5 nitrogen and oxygen atoms in total. The Labute approximate surface area is 88.7 Å². The number of pyridine rings is 1. The quantitative estimate of drug-likeness (QED) is 0.728. The second-order valence-electron chi connectivity index (χ2n) is 2.46. The minimum Gasteiger partial charge on any atom is -0.424 e. The highest BCUT2D eigenvalue weighted by atomic mass is 35.5. The first-order valence-corrected chi connectivity index (χ1v) is 4.09. The van der Waals surface area contributed by atoms with Gasteiger partial charge in [-0.15, -0.1) is 0 Å². The van der Waals surface area contributed by atoms with Crippen LogP contribution in [0.5, 0.6) is 5.75 Å². The van der Waals surface area contributed by atoms with Gasteiger partial charge in [-0.3, -0.25) is 4.79 Å². The summed E-state index contributed by atoms with van der Waals surface area (Å²) in [6, 6.07) is 1.15. The Balaban J connectivity index is 3.13. The van der Waals surface area contributed by atoms with E-state index in [0.717, 1.165) is 19.2 Å². The zero-order chi connectivity index (χ0) is 11.4. The molecule has 80 valence electrons. The molecule has 0 N–H and O–H groups in total. The van der Waals surface area contributed by atoms with E-state index in [2.05, 4.69) is 14.7 Å². The third-order valence-electron chi connectivity index (χ3n) is 1.34. The van der Waals surface area contributed by atoms with Crippen molar-refractivity contribution < 1.29 is 23.8 Å². The highest BCUT2D eigenvalue weighted by molar-refractivity contribution is 6.30. The van der Waals surface area contributed by atoms with Crippen LogP contribution in [-0.2, 0) is 9.74 Å². The van der Waals surface area contributed by atoms with Crippen LogP contribution in [0.15, 0.2) is 12.3 Å². The number of halogens is 2. The van der Waals surface area contributed by atoms with Gasteiger partial charge in [-0.25, -0.2) is 14.7 Å². The minimum atomic E-state index is -1.36. The molecule has 0 bridgehead atoms. The van der Waals surface area contributed by atoms with Gasteiger partial charge >= 0.3 is 11.9 Å². The molecule has 0 atom stereocenters. The van der Waals surface area contributed by atoms with Gasteiger partial charge < -0.3 is 4.74 Å². The molecular weight excluding hydrogens is 229 g/mol. The highest BCUT2D eigenvalue weighted by Gasteiger charge is 2.18. The lowest BCUT2D eigenvalue weighted by molar-refractivity contribution is -0.132. The SMILES string of the molecule is CC(=O)Oc1cc(Cl)cnc1C(=O)OF. The zero-order valence-corrected chi connectivity index (χ0v) is 8.25. The Kier molecular flexibility index (Phi) is 3.56. The number of nitrogens with zero attached hydrogens (tertiary/aromatic N) is 1. The first kappa shape index (κ1) is 11.4. The summed E-state index contributed by atoms with van der Waals surface area (Å²) < 4.78 is 16.2. The summed E-state index contributed by atoms with van der Waals surface area (Å²) in [5.41, 5.74) is -0.461. The van der Waals surface area contributed by atoms with Crippen molar-refractivity contribution in [2.75, 3.05) is 0 Å². The Morgan fingerprint density at radius 1 is 1.53 bits per heavy atom. The molecule has 0 radical (unpaired) electrons. The summed E-state index contributed by atoms with van der Waals surface area (Å²) in [5, 5.41) is 0.140. The maximum Gasteiger partial charge on any atom is 0.401 e. The summed E-state index contributed by atoms with van der Waals surface area (Å²) in [5.74, 6) is -2.30. The average molecular weight is 234 g/mol. The molecule has 0 aliphatic rings. The van der Waals surface area contributed by atoms with Crippen molar-refractivity contribution in [1.29, 1.82) is 0 Å². The molecule has 1 aromatic rings. The van der Waals surface area contributed by atoms with E-state index in [1.165, 1.54) is 0 Å². The number of esters is 1. The van der Waals surface area contributed by atoms with Gasteiger partial charge in [0.05, 0.1) is 5.02 Å². The van der Waals surface area contributed by atoms with Crippen LogP contribution in [-0.4, -0.2) is 16.9 Å². The van der Waals surface area contributed by atoms with Crippen molar-refractivity contribution in [3.8, 4) is 5.75 Å². The predicted octanol–water partition coefficient (Wildman–Crippen LogP) is 1.70. The molecule has 0 saturated carbocycles. The average Bonchev–Trinajstić information content (AvgIpc) is 2.16. The van der Waals surface area contributed by atoms with E-state index in [1.807, 2.05) is 0 Å². The normalized spacial score (nSPS) is 9.53. The van der Waals surface area contributed by atoms with Crippen molar-refractivity contribution in [2.24, 2.45) is 0 Å². The van der Waals surface area contributed by atoms with Gasteiger partial charge in [0, 0.05) is 23.7 Å². The van der Waals surface area contributed by atoms with Crippen molar-refractivity contribution in [3.63, 3.8) is 0 Å². The van der Waals surface area contributed by atoms with Crippen LogP contribution >= 0.6 is 11.6 Å². The maximum absolute atomic E-state index is 11.6. The van der Waals surface area contributed by atoms with Gasteiger partial charge in [0.15, 0.2) is 11.4 Å². The van der Waals surface area contributed by atoms with Crippen molar-refractivity contribution in [2.45, 2.75) is 6.92 Å². The van der Waals surface area contributed by atoms with Gasteiger partial charge in [0.25, 0.3) is 0 Å². The molecule has 1 heterocycles. The topological polar surface area (TPSA) is 65.5 Å². The summed E-state index contributed by atoms with van der Waals surface area (Å²) in [6.07, 6.45) is 1.10. The second kappa shape index (κ2) is 4.70.